The molecule has 1 aromatic rings. The number of ether oxygens (including phenoxy) is 1. The monoisotopic (exact) mass is 221 g/mol. The van der Waals surface area contributed by atoms with Crippen LogP contribution >= 0.6 is 0 Å². The highest BCUT2D eigenvalue weighted by Crippen LogP contribution is 2.42. The van der Waals surface area contributed by atoms with E-state index in [2.05, 4.69) is 5.32 Å². The summed E-state index contributed by atoms with van der Waals surface area (Å²) in [4.78, 5) is 11.8. The van der Waals surface area contributed by atoms with Gasteiger partial charge in [0.05, 0.1) is 24.3 Å². The van der Waals surface area contributed by atoms with Gasteiger partial charge in [-0.25, -0.2) is 0 Å². The lowest BCUT2D eigenvalue weighted by atomic mass is 9.78. The van der Waals surface area contributed by atoms with Gasteiger partial charge in [-0.3, -0.25) is 4.79 Å². The Balaban J connectivity index is 2.51. The molecule has 0 saturated carbocycles. The topological polar surface area (TPSA) is 58.6 Å². The van der Waals surface area contributed by atoms with E-state index in [1.165, 1.54) is 0 Å². The Hall–Kier alpha value is -1.55. The van der Waals surface area contributed by atoms with E-state index in [1.807, 2.05) is 0 Å². The average molecular weight is 221 g/mol. The van der Waals surface area contributed by atoms with Crippen LogP contribution in [0.5, 0.6) is 5.75 Å². The molecule has 0 fully saturated rings. The van der Waals surface area contributed by atoms with Gasteiger partial charge in [0.2, 0.25) is 5.91 Å². The van der Waals surface area contributed by atoms with Gasteiger partial charge >= 0.3 is 0 Å². The Morgan fingerprint density at radius 2 is 2.12 bits per heavy atom. The molecule has 1 aliphatic heterocycles. The van der Waals surface area contributed by atoms with Crippen molar-refractivity contribution in [3.05, 3.63) is 23.8 Å². The number of nitrogens with one attached hydrogen (secondary N) is 1. The molecular formula is C12H15NO3. The van der Waals surface area contributed by atoms with E-state index < -0.39 is 11.5 Å². The van der Waals surface area contributed by atoms with Crippen LogP contribution < -0.4 is 10.1 Å². The van der Waals surface area contributed by atoms with Gasteiger partial charge in [0, 0.05) is 11.6 Å². The van der Waals surface area contributed by atoms with E-state index in [9.17, 15) is 9.90 Å². The first-order valence-corrected chi connectivity index (χ1v) is 5.14. The van der Waals surface area contributed by atoms with E-state index in [0.29, 0.717) is 11.4 Å². The first-order valence-electron chi connectivity index (χ1n) is 5.14. The minimum atomic E-state index is -0.804. The van der Waals surface area contributed by atoms with Crippen LogP contribution in [0.15, 0.2) is 18.2 Å². The summed E-state index contributed by atoms with van der Waals surface area (Å²) in [6.45, 7) is 3.44. The first-order chi connectivity index (χ1) is 7.46. The second-order valence-electron chi connectivity index (χ2n) is 4.53. The van der Waals surface area contributed by atoms with Crippen molar-refractivity contribution in [1.82, 2.24) is 0 Å². The minimum Gasteiger partial charge on any atom is -0.497 e. The van der Waals surface area contributed by atoms with E-state index in [0.717, 1.165) is 5.56 Å². The van der Waals surface area contributed by atoms with Gasteiger partial charge in [-0.1, -0.05) is 6.07 Å². The van der Waals surface area contributed by atoms with Crippen molar-refractivity contribution in [1.29, 1.82) is 0 Å². The van der Waals surface area contributed by atoms with Crippen molar-refractivity contribution < 1.29 is 14.6 Å². The van der Waals surface area contributed by atoms with Crippen LogP contribution in [0.4, 0.5) is 5.69 Å². The average Bonchev–Trinajstić information content (AvgIpc) is 2.26. The predicted octanol–water partition coefficient (Wildman–Crippen LogP) is 1.71. The third-order valence-corrected chi connectivity index (χ3v) is 3.07. The number of anilines is 1. The van der Waals surface area contributed by atoms with Gasteiger partial charge in [0.25, 0.3) is 0 Å². The van der Waals surface area contributed by atoms with Crippen molar-refractivity contribution in [2.45, 2.75) is 20.0 Å². The number of rotatable bonds is 1. The molecule has 4 heteroatoms. The maximum absolute atomic E-state index is 11.8. The van der Waals surface area contributed by atoms with Crippen LogP contribution in [0.25, 0.3) is 0 Å². The van der Waals surface area contributed by atoms with Crippen molar-refractivity contribution in [3.8, 4) is 5.75 Å². The van der Waals surface area contributed by atoms with E-state index in [4.69, 9.17) is 4.74 Å². The third kappa shape index (κ3) is 1.46. The first kappa shape index (κ1) is 11.0. The van der Waals surface area contributed by atoms with E-state index in [-0.39, 0.29) is 5.91 Å². The van der Waals surface area contributed by atoms with Gasteiger partial charge < -0.3 is 15.2 Å². The van der Waals surface area contributed by atoms with Gasteiger partial charge in [0.15, 0.2) is 0 Å². The predicted molar refractivity (Wildman–Crippen MR) is 60.4 cm³/mol. The van der Waals surface area contributed by atoms with Crippen LogP contribution in [0.1, 0.15) is 25.5 Å². The lowest BCUT2D eigenvalue weighted by molar-refractivity contribution is -0.130. The summed E-state index contributed by atoms with van der Waals surface area (Å²) in [6, 6.07) is 5.27. The second kappa shape index (κ2) is 3.49. The molecular weight excluding hydrogens is 206 g/mol. The number of carbonyl (C=O) groups excluding carboxylic acids is 1. The van der Waals surface area contributed by atoms with Crippen molar-refractivity contribution >= 4 is 11.6 Å². The molecule has 1 aromatic carbocycles. The number of benzene rings is 1. The standard InChI is InChI=1S/C12H15NO3/c1-12(2)10(14)8-5-4-7(16-3)6-9(8)13-11(12)15/h4-6,10,14H,1-3H3,(H,13,15)/t10-/m0/s1. The fourth-order valence-corrected chi connectivity index (χ4v) is 1.81. The van der Waals surface area contributed by atoms with Gasteiger partial charge in [-0.15, -0.1) is 0 Å². The minimum absolute atomic E-state index is 0.180. The summed E-state index contributed by atoms with van der Waals surface area (Å²) in [5.74, 6) is 0.478. The quantitative estimate of drug-likeness (QED) is 0.759. The third-order valence-electron chi connectivity index (χ3n) is 3.07. The Bertz CT molecular complexity index is 440. The SMILES string of the molecule is COc1ccc2c(c1)NC(=O)C(C)(C)[C@H]2O. The van der Waals surface area contributed by atoms with Gasteiger partial charge in [0.1, 0.15) is 5.75 Å². The Morgan fingerprint density at radius 3 is 2.75 bits per heavy atom. The highest BCUT2D eigenvalue weighted by atomic mass is 16.5. The molecule has 2 rings (SSSR count). The highest BCUT2D eigenvalue weighted by Gasteiger charge is 2.41. The molecule has 0 saturated heterocycles. The molecule has 0 unspecified atom stereocenters. The summed E-state index contributed by atoms with van der Waals surface area (Å²) >= 11 is 0. The summed E-state index contributed by atoms with van der Waals surface area (Å²) in [5.41, 5.74) is 0.545. The van der Waals surface area contributed by atoms with Crippen LogP contribution in [-0.4, -0.2) is 18.1 Å². The van der Waals surface area contributed by atoms with Gasteiger partial charge in [-0.2, -0.15) is 0 Å². The zero-order chi connectivity index (χ0) is 11.9. The van der Waals surface area contributed by atoms with E-state index >= 15 is 0 Å². The number of aliphatic hydroxyl groups is 1. The molecule has 0 bridgehead atoms. The maximum atomic E-state index is 11.8. The van der Waals surface area contributed by atoms with Crippen molar-refractivity contribution in [2.75, 3.05) is 12.4 Å². The second-order valence-corrected chi connectivity index (χ2v) is 4.53. The normalized spacial score (nSPS) is 22.2. The zero-order valence-corrected chi connectivity index (χ0v) is 9.57. The molecule has 4 nitrogen and oxygen atoms in total. The number of hydrogen-bond donors (Lipinski definition) is 2. The van der Waals surface area contributed by atoms with Crippen LogP contribution in [0.2, 0.25) is 0 Å². The highest BCUT2D eigenvalue weighted by molar-refractivity contribution is 5.98. The number of carbonyl (C=O) groups is 1. The molecule has 16 heavy (non-hydrogen) atoms. The smallest absolute Gasteiger partial charge is 0.233 e. The Kier molecular flexibility index (Phi) is 2.39. The Labute approximate surface area is 94.2 Å². The molecule has 0 aliphatic carbocycles. The molecule has 86 valence electrons. The summed E-state index contributed by atoms with van der Waals surface area (Å²) in [5, 5.41) is 12.9. The largest absolute Gasteiger partial charge is 0.497 e. The molecule has 0 radical (unpaired) electrons. The van der Waals surface area contributed by atoms with Crippen molar-refractivity contribution in [3.63, 3.8) is 0 Å². The summed E-state index contributed by atoms with van der Waals surface area (Å²) in [6.07, 6.45) is -0.790. The molecule has 2 N–H and O–H groups in total. The lowest BCUT2D eigenvalue weighted by Gasteiger charge is -2.35. The number of methoxy groups -OCH3 is 1. The number of amides is 1. The number of fused-ring (bicyclic) bond motifs is 1. The van der Waals surface area contributed by atoms with Crippen LogP contribution in [0.3, 0.4) is 0 Å². The van der Waals surface area contributed by atoms with Crippen molar-refractivity contribution in [2.24, 2.45) is 5.41 Å². The fraction of sp³-hybridized carbons (Fsp3) is 0.417. The molecule has 1 atom stereocenters. The summed E-state index contributed by atoms with van der Waals surface area (Å²) < 4.78 is 5.07. The van der Waals surface area contributed by atoms with Crippen LogP contribution in [0, 0.1) is 5.41 Å². The fourth-order valence-electron chi connectivity index (χ4n) is 1.81. The van der Waals surface area contributed by atoms with E-state index in [1.54, 1.807) is 39.2 Å². The van der Waals surface area contributed by atoms with Crippen LogP contribution in [-0.2, 0) is 4.79 Å². The summed E-state index contributed by atoms with van der Waals surface area (Å²) in [7, 11) is 1.56. The number of aliphatic hydroxyl groups excluding tert-OH is 1. The molecule has 1 amide bonds. The molecule has 1 heterocycles. The molecule has 0 spiro atoms. The lowest BCUT2D eigenvalue weighted by Crippen LogP contribution is -2.40. The zero-order valence-electron chi connectivity index (χ0n) is 9.57. The molecule has 0 aromatic heterocycles. The Morgan fingerprint density at radius 1 is 1.44 bits per heavy atom. The number of hydrogen-bond acceptors (Lipinski definition) is 3. The maximum Gasteiger partial charge on any atom is 0.233 e. The van der Waals surface area contributed by atoms with Gasteiger partial charge in [-0.05, 0) is 19.9 Å². The molecule has 1 aliphatic rings.